The van der Waals surface area contributed by atoms with Crippen LogP contribution in [0.3, 0.4) is 0 Å². The molecule has 0 saturated heterocycles. The van der Waals surface area contributed by atoms with Gasteiger partial charge in [0.1, 0.15) is 11.6 Å². The summed E-state index contributed by atoms with van der Waals surface area (Å²) in [6.07, 6.45) is 1.73. The lowest BCUT2D eigenvalue weighted by Gasteiger charge is -1.97. The Kier molecular flexibility index (Phi) is 2.30. The van der Waals surface area contributed by atoms with E-state index in [9.17, 15) is 0 Å². The van der Waals surface area contributed by atoms with E-state index < -0.39 is 0 Å². The van der Waals surface area contributed by atoms with E-state index in [2.05, 4.69) is 40.9 Å². The molecule has 0 atom stereocenters. The highest BCUT2D eigenvalue weighted by atomic mass is 14.9. The molecule has 0 aliphatic carbocycles. The number of nitrogens with one attached hydrogen (secondary N) is 1. The molecular formula is C14H14N4. The Bertz CT molecular complexity index is 671. The highest BCUT2D eigenvalue weighted by Gasteiger charge is 2.06. The fourth-order valence-electron chi connectivity index (χ4n) is 1.95. The first-order valence-electron chi connectivity index (χ1n) is 5.82. The molecule has 2 aromatic heterocycles. The molecule has 3 rings (SSSR count). The number of imidazole rings is 1. The van der Waals surface area contributed by atoms with Crippen LogP contribution in [-0.2, 0) is 0 Å². The van der Waals surface area contributed by atoms with Gasteiger partial charge in [-0.15, -0.1) is 0 Å². The molecule has 0 aliphatic heterocycles. The molecule has 0 spiro atoms. The Hall–Kier alpha value is -2.36. The summed E-state index contributed by atoms with van der Waals surface area (Å²) in [5, 5.41) is 0. The summed E-state index contributed by atoms with van der Waals surface area (Å²) in [4.78, 5) is 12.0. The zero-order valence-corrected chi connectivity index (χ0v) is 10.4. The molecule has 0 bridgehead atoms. The summed E-state index contributed by atoms with van der Waals surface area (Å²) in [5.41, 5.74) is 11.0. The maximum atomic E-state index is 5.58. The van der Waals surface area contributed by atoms with Crippen molar-refractivity contribution >= 4 is 16.9 Å². The fraction of sp³-hybridized carbons (Fsp3) is 0.143. The number of nitrogen functional groups attached to an aromatic ring is 1. The molecule has 0 saturated carbocycles. The van der Waals surface area contributed by atoms with E-state index in [-0.39, 0.29) is 0 Å². The number of pyridine rings is 1. The van der Waals surface area contributed by atoms with Crippen molar-refractivity contribution in [2.24, 2.45) is 0 Å². The summed E-state index contributed by atoms with van der Waals surface area (Å²) in [7, 11) is 0. The van der Waals surface area contributed by atoms with E-state index in [4.69, 9.17) is 5.73 Å². The second-order valence-corrected chi connectivity index (χ2v) is 4.51. The third kappa shape index (κ3) is 1.72. The van der Waals surface area contributed by atoms with Crippen LogP contribution >= 0.6 is 0 Å². The van der Waals surface area contributed by atoms with E-state index in [0.29, 0.717) is 5.82 Å². The molecule has 0 fully saturated rings. The maximum absolute atomic E-state index is 5.58. The average Bonchev–Trinajstić information content (AvgIpc) is 2.73. The molecule has 1 aromatic carbocycles. The largest absolute Gasteiger partial charge is 0.384 e. The van der Waals surface area contributed by atoms with Gasteiger partial charge >= 0.3 is 0 Å². The molecule has 0 amide bonds. The van der Waals surface area contributed by atoms with Crippen molar-refractivity contribution in [3.05, 3.63) is 41.6 Å². The maximum Gasteiger partial charge on any atom is 0.140 e. The number of rotatable bonds is 1. The lowest BCUT2D eigenvalue weighted by atomic mass is 10.1. The van der Waals surface area contributed by atoms with Crippen LogP contribution < -0.4 is 5.73 Å². The van der Waals surface area contributed by atoms with Crippen molar-refractivity contribution < 1.29 is 0 Å². The standard InChI is InChI=1S/C14H14N4/c1-8-5-11-12(6-9(8)2)18-14(17-11)10-3-4-13(15)16-7-10/h3-7H,1-2H3,(H2,15,16)(H,17,18). The first-order valence-corrected chi connectivity index (χ1v) is 5.82. The van der Waals surface area contributed by atoms with Crippen LogP contribution in [0.2, 0.25) is 0 Å². The van der Waals surface area contributed by atoms with Gasteiger partial charge in [-0.2, -0.15) is 0 Å². The molecule has 4 heteroatoms. The van der Waals surface area contributed by atoms with E-state index in [1.807, 2.05) is 6.07 Å². The van der Waals surface area contributed by atoms with Crippen molar-refractivity contribution in [2.45, 2.75) is 13.8 Å². The number of aromatic amines is 1. The third-order valence-electron chi connectivity index (χ3n) is 3.16. The number of benzene rings is 1. The number of nitrogens with zero attached hydrogens (tertiary/aromatic N) is 2. The Morgan fingerprint density at radius 1 is 1.11 bits per heavy atom. The van der Waals surface area contributed by atoms with Crippen molar-refractivity contribution in [3.63, 3.8) is 0 Å². The summed E-state index contributed by atoms with van der Waals surface area (Å²) in [6, 6.07) is 7.90. The van der Waals surface area contributed by atoms with Crippen molar-refractivity contribution in [1.82, 2.24) is 15.0 Å². The zero-order valence-electron chi connectivity index (χ0n) is 10.4. The number of nitrogens with two attached hydrogens (primary N) is 1. The predicted molar refractivity (Wildman–Crippen MR) is 73.2 cm³/mol. The molecule has 0 unspecified atom stereocenters. The van der Waals surface area contributed by atoms with Gasteiger partial charge in [0.25, 0.3) is 0 Å². The molecule has 4 nitrogen and oxygen atoms in total. The summed E-state index contributed by atoms with van der Waals surface area (Å²) in [5.74, 6) is 1.34. The predicted octanol–water partition coefficient (Wildman–Crippen LogP) is 2.82. The molecule has 18 heavy (non-hydrogen) atoms. The van der Waals surface area contributed by atoms with Gasteiger partial charge in [-0.3, -0.25) is 0 Å². The first kappa shape index (κ1) is 10.8. The minimum absolute atomic E-state index is 0.515. The topological polar surface area (TPSA) is 67.6 Å². The molecule has 3 aromatic rings. The number of hydrogen-bond donors (Lipinski definition) is 2. The molecular weight excluding hydrogens is 224 g/mol. The summed E-state index contributed by atoms with van der Waals surface area (Å²) >= 11 is 0. The SMILES string of the molecule is Cc1cc2nc(-c3ccc(N)nc3)[nH]c2cc1C. The lowest BCUT2D eigenvalue weighted by Crippen LogP contribution is -1.89. The number of aromatic nitrogens is 3. The van der Waals surface area contributed by atoms with Crippen LogP contribution in [0.4, 0.5) is 5.82 Å². The Morgan fingerprint density at radius 2 is 1.89 bits per heavy atom. The average molecular weight is 238 g/mol. The van der Waals surface area contributed by atoms with Crippen LogP contribution in [0.25, 0.3) is 22.4 Å². The number of aryl methyl sites for hydroxylation is 2. The second-order valence-electron chi connectivity index (χ2n) is 4.51. The smallest absolute Gasteiger partial charge is 0.140 e. The van der Waals surface area contributed by atoms with Crippen LogP contribution in [0.5, 0.6) is 0 Å². The van der Waals surface area contributed by atoms with E-state index in [1.165, 1.54) is 11.1 Å². The molecule has 2 heterocycles. The molecule has 0 aliphatic rings. The highest BCUT2D eigenvalue weighted by molar-refractivity contribution is 5.80. The quantitative estimate of drug-likeness (QED) is 0.685. The van der Waals surface area contributed by atoms with E-state index in [1.54, 1.807) is 12.3 Å². The molecule has 90 valence electrons. The van der Waals surface area contributed by atoms with Gasteiger partial charge in [-0.1, -0.05) is 0 Å². The van der Waals surface area contributed by atoms with Crippen molar-refractivity contribution in [3.8, 4) is 11.4 Å². The van der Waals surface area contributed by atoms with Crippen LogP contribution in [-0.4, -0.2) is 15.0 Å². The Morgan fingerprint density at radius 3 is 2.61 bits per heavy atom. The minimum atomic E-state index is 0.515. The third-order valence-corrected chi connectivity index (χ3v) is 3.16. The van der Waals surface area contributed by atoms with Crippen LogP contribution in [0, 0.1) is 13.8 Å². The zero-order chi connectivity index (χ0) is 12.7. The molecule has 3 N–H and O–H groups in total. The number of hydrogen-bond acceptors (Lipinski definition) is 3. The summed E-state index contributed by atoms with van der Waals surface area (Å²) < 4.78 is 0. The van der Waals surface area contributed by atoms with Gasteiger partial charge in [0.05, 0.1) is 11.0 Å². The van der Waals surface area contributed by atoms with Gasteiger partial charge in [0, 0.05) is 11.8 Å². The second kappa shape index (κ2) is 3.84. The van der Waals surface area contributed by atoms with Gasteiger partial charge in [-0.05, 0) is 49.2 Å². The number of H-pyrrole nitrogens is 1. The van der Waals surface area contributed by atoms with Crippen molar-refractivity contribution in [2.75, 3.05) is 5.73 Å². The van der Waals surface area contributed by atoms with Crippen LogP contribution in [0.15, 0.2) is 30.5 Å². The highest BCUT2D eigenvalue weighted by Crippen LogP contribution is 2.22. The van der Waals surface area contributed by atoms with E-state index >= 15 is 0 Å². The fourth-order valence-corrected chi connectivity index (χ4v) is 1.95. The van der Waals surface area contributed by atoms with Gasteiger partial charge in [0.15, 0.2) is 0 Å². The molecule has 0 radical (unpaired) electrons. The van der Waals surface area contributed by atoms with Gasteiger partial charge in [0.2, 0.25) is 0 Å². The Labute approximate surface area is 105 Å². The normalized spacial score (nSPS) is 11.0. The van der Waals surface area contributed by atoms with E-state index in [0.717, 1.165) is 22.4 Å². The summed E-state index contributed by atoms with van der Waals surface area (Å²) in [6.45, 7) is 4.19. The minimum Gasteiger partial charge on any atom is -0.384 e. The lowest BCUT2D eigenvalue weighted by molar-refractivity contribution is 1.28. The van der Waals surface area contributed by atoms with Gasteiger partial charge < -0.3 is 10.7 Å². The number of anilines is 1. The monoisotopic (exact) mass is 238 g/mol. The number of fused-ring (bicyclic) bond motifs is 1. The van der Waals surface area contributed by atoms with Crippen LogP contribution in [0.1, 0.15) is 11.1 Å². The first-order chi connectivity index (χ1) is 8.63. The Balaban J connectivity index is 2.16. The van der Waals surface area contributed by atoms with Gasteiger partial charge in [-0.25, -0.2) is 9.97 Å². The van der Waals surface area contributed by atoms with Crippen molar-refractivity contribution in [1.29, 1.82) is 0 Å².